The normalized spacial score (nSPS) is 10.8. The summed E-state index contributed by atoms with van der Waals surface area (Å²) in [5, 5.41) is 1.85. The Morgan fingerprint density at radius 2 is 1.90 bits per heavy atom. The van der Waals surface area contributed by atoms with Crippen LogP contribution in [0.15, 0.2) is 49.6 Å². The number of carbonyl (C=O) groups excluding carboxylic acids is 2. The molecule has 0 aliphatic carbocycles. The van der Waals surface area contributed by atoms with E-state index >= 15 is 0 Å². The number of hydrogen-bond acceptors (Lipinski definition) is 9. The summed E-state index contributed by atoms with van der Waals surface area (Å²) in [5.41, 5.74) is 5.65. The maximum Gasteiger partial charge on any atom is 0.333 e. The van der Waals surface area contributed by atoms with Crippen LogP contribution in [0.2, 0.25) is 0 Å². The van der Waals surface area contributed by atoms with Crippen LogP contribution in [-0.4, -0.2) is 38.7 Å². The highest BCUT2D eigenvalue weighted by atomic mass is 32.2. The molecular weight excluding hydrogens is 440 g/mol. The van der Waals surface area contributed by atoms with E-state index in [1.165, 1.54) is 23.1 Å². The van der Waals surface area contributed by atoms with Crippen LogP contribution in [0.3, 0.4) is 0 Å². The summed E-state index contributed by atoms with van der Waals surface area (Å²) in [6.45, 7) is 1.25. The van der Waals surface area contributed by atoms with Crippen LogP contribution in [0.1, 0.15) is 21.6 Å². The molecule has 9 nitrogen and oxygen atoms in total. The predicted octanol–water partition coefficient (Wildman–Crippen LogP) is 1.55. The fourth-order valence-electron chi connectivity index (χ4n) is 2.83. The smallest absolute Gasteiger partial charge is 0.333 e. The second-order valence-corrected chi connectivity index (χ2v) is 8.63. The molecule has 1 aromatic carbocycles. The number of aryl methyl sites for hydroxylation is 1. The minimum absolute atomic E-state index is 0.0338. The number of esters is 1. The number of ether oxygens (including phenoxy) is 1. The molecule has 3 rings (SSSR count). The lowest BCUT2D eigenvalue weighted by Crippen LogP contribution is -2.45. The fraction of sp³-hybridized carbons (Fsp3) is 0.250. The van der Waals surface area contributed by atoms with Gasteiger partial charge in [0.1, 0.15) is 17.9 Å². The number of aromatic nitrogens is 3. The topological polar surface area (TPSA) is 126 Å². The molecule has 0 saturated heterocycles. The van der Waals surface area contributed by atoms with E-state index in [1.807, 2.05) is 18.4 Å². The molecule has 0 saturated carbocycles. The van der Waals surface area contributed by atoms with Crippen LogP contribution in [0.25, 0.3) is 0 Å². The van der Waals surface area contributed by atoms with Crippen LogP contribution in [0, 0.1) is 6.92 Å². The largest absolute Gasteiger partial charge is 0.468 e. The summed E-state index contributed by atoms with van der Waals surface area (Å²) in [4.78, 5) is 54.9. The van der Waals surface area contributed by atoms with Crippen LogP contribution >= 0.6 is 23.1 Å². The van der Waals surface area contributed by atoms with Crippen molar-refractivity contribution in [3.63, 3.8) is 0 Å². The Labute approximate surface area is 185 Å². The Balaban J connectivity index is 2.05. The lowest BCUT2D eigenvalue weighted by atomic mass is 10.2. The van der Waals surface area contributed by atoms with E-state index in [0.29, 0.717) is 8.91 Å². The van der Waals surface area contributed by atoms with Gasteiger partial charge in [-0.05, 0) is 12.5 Å². The maximum absolute atomic E-state index is 12.9. The van der Waals surface area contributed by atoms with Crippen molar-refractivity contribution >= 4 is 40.7 Å². The molecule has 0 spiro atoms. The summed E-state index contributed by atoms with van der Waals surface area (Å²) < 4.78 is 7.06. The van der Waals surface area contributed by atoms with Gasteiger partial charge in [-0.2, -0.15) is 0 Å². The number of carbonyl (C=O) groups is 2. The Kier molecular flexibility index (Phi) is 7.08. The standard InChI is InChI=1S/C20H20N4O5S2/c1-12-10-30-19(22-12)31-11-14(25)16-17(21)23(8-13-6-4-3-5-7-13)20(28)24(18(16)27)9-15(26)29-2/h3-7,10H,8-9,11,21H2,1-2H3. The van der Waals surface area contributed by atoms with Gasteiger partial charge in [0.15, 0.2) is 10.1 Å². The van der Waals surface area contributed by atoms with Crippen molar-refractivity contribution in [2.24, 2.45) is 0 Å². The molecule has 31 heavy (non-hydrogen) atoms. The molecule has 0 atom stereocenters. The van der Waals surface area contributed by atoms with Crippen molar-refractivity contribution in [1.29, 1.82) is 0 Å². The third kappa shape index (κ3) is 5.12. The van der Waals surface area contributed by atoms with Crippen molar-refractivity contribution in [2.45, 2.75) is 24.4 Å². The van der Waals surface area contributed by atoms with Crippen molar-refractivity contribution in [3.05, 3.63) is 73.4 Å². The van der Waals surface area contributed by atoms with Gasteiger partial charge in [-0.3, -0.25) is 19.0 Å². The highest BCUT2D eigenvalue weighted by molar-refractivity contribution is 8.01. The number of thiazole rings is 1. The SMILES string of the molecule is COC(=O)Cn1c(=O)c(C(=O)CSc2nc(C)cs2)c(N)n(Cc2ccccc2)c1=O. The Bertz CT molecular complexity index is 1230. The number of anilines is 1. The molecule has 0 bridgehead atoms. The van der Waals surface area contributed by atoms with Gasteiger partial charge >= 0.3 is 11.7 Å². The first-order valence-corrected chi connectivity index (χ1v) is 11.0. The molecule has 0 aliphatic heterocycles. The molecular formula is C20H20N4O5S2. The minimum atomic E-state index is -0.918. The summed E-state index contributed by atoms with van der Waals surface area (Å²) in [7, 11) is 1.14. The molecule has 0 amide bonds. The molecule has 0 radical (unpaired) electrons. The van der Waals surface area contributed by atoms with E-state index < -0.39 is 29.5 Å². The van der Waals surface area contributed by atoms with E-state index in [0.717, 1.165) is 22.9 Å². The fourth-order valence-corrected chi connectivity index (χ4v) is 4.55. The third-order valence-electron chi connectivity index (χ3n) is 4.37. The number of nitrogens with two attached hydrogens (primary N) is 1. The zero-order chi connectivity index (χ0) is 22.5. The highest BCUT2D eigenvalue weighted by Gasteiger charge is 2.24. The van der Waals surface area contributed by atoms with Crippen molar-refractivity contribution < 1.29 is 14.3 Å². The zero-order valence-corrected chi connectivity index (χ0v) is 18.5. The van der Waals surface area contributed by atoms with Crippen LogP contribution < -0.4 is 17.0 Å². The van der Waals surface area contributed by atoms with Gasteiger partial charge in [-0.25, -0.2) is 14.3 Å². The lowest BCUT2D eigenvalue weighted by molar-refractivity contribution is -0.141. The first-order chi connectivity index (χ1) is 14.8. The molecule has 2 heterocycles. The number of thioether (sulfide) groups is 1. The van der Waals surface area contributed by atoms with E-state index in [2.05, 4.69) is 9.72 Å². The van der Waals surface area contributed by atoms with Gasteiger partial charge in [-0.1, -0.05) is 42.1 Å². The number of benzene rings is 1. The second-order valence-electron chi connectivity index (χ2n) is 6.55. The number of nitrogens with zero attached hydrogens (tertiary/aromatic N) is 3. The minimum Gasteiger partial charge on any atom is -0.468 e. The maximum atomic E-state index is 12.9. The summed E-state index contributed by atoms with van der Waals surface area (Å²) in [6, 6.07) is 8.97. The number of Topliss-reactive ketones (excluding diaryl/α,β-unsaturated/α-hetero) is 1. The van der Waals surface area contributed by atoms with E-state index in [1.54, 1.807) is 24.3 Å². The summed E-state index contributed by atoms with van der Waals surface area (Å²) in [5.74, 6) is -1.67. The van der Waals surface area contributed by atoms with Crippen molar-refractivity contribution in [3.8, 4) is 0 Å². The van der Waals surface area contributed by atoms with E-state index in [9.17, 15) is 19.2 Å². The first kappa shape index (κ1) is 22.5. The molecule has 11 heteroatoms. The number of ketones is 1. The number of rotatable bonds is 8. The van der Waals surface area contributed by atoms with Crippen LogP contribution in [0.4, 0.5) is 5.82 Å². The van der Waals surface area contributed by atoms with Gasteiger partial charge in [-0.15, -0.1) is 11.3 Å². The number of methoxy groups -OCH3 is 1. The van der Waals surface area contributed by atoms with Gasteiger partial charge in [0.05, 0.1) is 19.4 Å². The molecule has 3 aromatic rings. The molecule has 0 unspecified atom stereocenters. The summed E-state index contributed by atoms with van der Waals surface area (Å²) >= 11 is 2.56. The molecule has 0 fully saturated rings. The lowest BCUT2D eigenvalue weighted by Gasteiger charge is -2.16. The van der Waals surface area contributed by atoms with Gasteiger partial charge in [0, 0.05) is 11.1 Å². The zero-order valence-electron chi connectivity index (χ0n) is 16.9. The van der Waals surface area contributed by atoms with Crippen molar-refractivity contribution in [1.82, 2.24) is 14.1 Å². The average molecular weight is 461 g/mol. The first-order valence-electron chi connectivity index (χ1n) is 9.13. The summed E-state index contributed by atoms with van der Waals surface area (Å²) in [6.07, 6.45) is 0. The van der Waals surface area contributed by atoms with Gasteiger partial charge in [0.2, 0.25) is 0 Å². The Morgan fingerprint density at radius 3 is 2.52 bits per heavy atom. The third-order valence-corrected chi connectivity index (χ3v) is 6.51. The predicted molar refractivity (Wildman–Crippen MR) is 119 cm³/mol. The monoisotopic (exact) mass is 460 g/mol. The van der Waals surface area contributed by atoms with Gasteiger partial charge < -0.3 is 10.5 Å². The van der Waals surface area contributed by atoms with Crippen LogP contribution in [0.5, 0.6) is 0 Å². The molecule has 0 aliphatic rings. The molecule has 2 aromatic heterocycles. The highest BCUT2D eigenvalue weighted by Crippen LogP contribution is 2.23. The van der Waals surface area contributed by atoms with Crippen LogP contribution in [-0.2, 0) is 22.6 Å². The quantitative estimate of drug-likeness (QED) is 0.305. The van der Waals surface area contributed by atoms with E-state index in [-0.39, 0.29) is 23.7 Å². The second kappa shape index (κ2) is 9.75. The molecule has 162 valence electrons. The molecule has 2 N–H and O–H groups in total. The van der Waals surface area contributed by atoms with E-state index in [4.69, 9.17) is 5.73 Å². The van der Waals surface area contributed by atoms with Gasteiger partial charge in [0.25, 0.3) is 5.56 Å². The Morgan fingerprint density at radius 1 is 1.19 bits per heavy atom. The average Bonchev–Trinajstić information content (AvgIpc) is 3.18. The number of hydrogen-bond donors (Lipinski definition) is 1. The Hall–Kier alpha value is -3.18. The van der Waals surface area contributed by atoms with Crippen molar-refractivity contribution in [2.75, 3.05) is 18.6 Å². The number of nitrogen functional groups attached to an aromatic ring is 1.